The van der Waals surface area contributed by atoms with Gasteiger partial charge >= 0.3 is 0 Å². The van der Waals surface area contributed by atoms with Gasteiger partial charge in [-0.3, -0.25) is 0 Å². The summed E-state index contributed by atoms with van der Waals surface area (Å²) in [6, 6.07) is 11.0. The Kier molecular flexibility index (Phi) is 2.73. The molecule has 0 saturated carbocycles. The molecule has 0 spiro atoms. The lowest BCUT2D eigenvalue weighted by molar-refractivity contribution is 0.639. The highest BCUT2D eigenvalue weighted by Crippen LogP contribution is 2.29. The number of rotatable bonds is 2. The topological polar surface area (TPSA) is 0 Å². The lowest BCUT2D eigenvalue weighted by Gasteiger charge is -2.05. The van der Waals surface area contributed by atoms with Crippen molar-refractivity contribution in [2.75, 3.05) is 5.75 Å². The summed E-state index contributed by atoms with van der Waals surface area (Å²) in [6.07, 6.45) is 0. The van der Waals surface area contributed by atoms with Gasteiger partial charge in [0.2, 0.25) is 0 Å². The van der Waals surface area contributed by atoms with Crippen LogP contribution in [0.5, 0.6) is 0 Å². The van der Waals surface area contributed by atoms with Gasteiger partial charge in [0.05, 0.1) is 0 Å². The second-order valence-corrected chi connectivity index (χ2v) is 4.33. The molecule has 72 valence electrons. The van der Waals surface area contributed by atoms with E-state index < -0.39 is 0 Å². The molecule has 2 heteroatoms. The van der Waals surface area contributed by atoms with E-state index in [9.17, 15) is 4.39 Å². The van der Waals surface area contributed by atoms with Crippen molar-refractivity contribution < 1.29 is 4.39 Å². The molecule has 14 heavy (non-hydrogen) atoms. The summed E-state index contributed by atoms with van der Waals surface area (Å²) in [6.45, 7) is 2.10. The maximum atomic E-state index is 13.4. The SMILES string of the molecule is CCSc1ccc(F)c2ccccc12. The smallest absolute Gasteiger partial charge is 0.131 e. The largest absolute Gasteiger partial charge is 0.206 e. The third kappa shape index (κ3) is 1.62. The van der Waals surface area contributed by atoms with Gasteiger partial charge in [0.25, 0.3) is 0 Å². The Morgan fingerprint density at radius 3 is 2.50 bits per heavy atom. The molecule has 0 nitrogen and oxygen atoms in total. The number of fused-ring (bicyclic) bond motifs is 1. The predicted octanol–water partition coefficient (Wildman–Crippen LogP) is 4.09. The lowest BCUT2D eigenvalue weighted by atomic mass is 10.1. The van der Waals surface area contributed by atoms with Gasteiger partial charge in [0.1, 0.15) is 5.82 Å². The zero-order valence-electron chi connectivity index (χ0n) is 7.96. The summed E-state index contributed by atoms with van der Waals surface area (Å²) < 4.78 is 13.4. The Balaban J connectivity index is 2.68. The highest BCUT2D eigenvalue weighted by molar-refractivity contribution is 7.99. The first-order valence-electron chi connectivity index (χ1n) is 4.63. The number of hydrogen-bond acceptors (Lipinski definition) is 1. The van der Waals surface area contributed by atoms with Crippen molar-refractivity contribution in [3.63, 3.8) is 0 Å². The molecule has 0 aliphatic heterocycles. The first-order chi connectivity index (χ1) is 6.83. The number of halogens is 1. The van der Waals surface area contributed by atoms with Crippen molar-refractivity contribution in [1.29, 1.82) is 0 Å². The van der Waals surface area contributed by atoms with E-state index in [2.05, 4.69) is 6.92 Å². The van der Waals surface area contributed by atoms with E-state index >= 15 is 0 Å². The molecular weight excluding hydrogens is 195 g/mol. The molecule has 0 amide bonds. The van der Waals surface area contributed by atoms with Crippen molar-refractivity contribution in [3.8, 4) is 0 Å². The average Bonchev–Trinajstić information content (AvgIpc) is 2.23. The second-order valence-electron chi connectivity index (χ2n) is 3.02. The van der Waals surface area contributed by atoms with Crippen LogP contribution in [0.2, 0.25) is 0 Å². The summed E-state index contributed by atoms with van der Waals surface area (Å²) in [4.78, 5) is 1.16. The minimum atomic E-state index is -0.138. The van der Waals surface area contributed by atoms with E-state index in [1.54, 1.807) is 17.8 Å². The average molecular weight is 206 g/mol. The summed E-state index contributed by atoms with van der Waals surface area (Å²) >= 11 is 1.75. The van der Waals surface area contributed by atoms with E-state index in [1.165, 1.54) is 0 Å². The van der Waals surface area contributed by atoms with Crippen LogP contribution in [0.1, 0.15) is 6.92 Å². The summed E-state index contributed by atoms with van der Waals surface area (Å²) in [5.74, 6) is 0.872. The molecule has 0 saturated heterocycles. The predicted molar refractivity (Wildman–Crippen MR) is 60.3 cm³/mol. The van der Waals surface area contributed by atoms with Gasteiger partial charge in [-0.2, -0.15) is 0 Å². The van der Waals surface area contributed by atoms with Crippen LogP contribution in [0.15, 0.2) is 41.3 Å². The van der Waals surface area contributed by atoms with Gasteiger partial charge in [-0.15, -0.1) is 11.8 Å². The van der Waals surface area contributed by atoms with Gasteiger partial charge in [-0.1, -0.05) is 31.2 Å². The third-order valence-electron chi connectivity index (χ3n) is 2.13. The fourth-order valence-corrected chi connectivity index (χ4v) is 2.32. The van der Waals surface area contributed by atoms with Gasteiger partial charge in [0.15, 0.2) is 0 Å². The molecule has 0 aliphatic rings. The molecule has 2 aromatic rings. The molecule has 0 fully saturated rings. The first kappa shape index (κ1) is 9.53. The number of benzene rings is 2. The normalized spacial score (nSPS) is 10.7. The Hall–Kier alpha value is -1.02. The fraction of sp³-hybridized carbons (Fsp3) is 0.167. The van der Waals surface area contributed by atoms with E-state index in [0.717, 1.165) is 16.0 Å². The minimum absolute atomic E-state index is 0.138. The molecule has 0 bridgehead atoms. The standard InChI is InChI=1S/C12H11FS/c1-2-14-12-8-7-11(13)9-5-3-4-6-10(9)12/h3-8H,2H2,1H3. The van der Waals surface area contributed by atoms with Crippen LogP contribution >= 0.6 is 11.8 Å². The summed E-state index contributed by atoms with van der Waals surface area (Å²) in [7, 11) is 0. The van der Waals surface area contributed by atoms with E-state index in [1.807, 2.05) is 30.3 Å². The van der Waals surface area contributed by atoms with Gasteiger partial charge < -0.3 is 0 Å². The molecule has 0 N–H and O–H groups in total. The molecule has 0 aliphatic carbocycles. The maximum absolute atomic E-state index is 13.4. The minimum Gasteiger partial charge on any atom is -0.206 e. The third-order valence-corrected chi connectivity index (χ3v) is 3.09. The van der Waals surface area contributed by atoms with E-state index in [0.29, 0.717) is 5.39 Å². The van der Waals surface area contributed by atoms with E-state index in [-0.39, 0.29) is 5.82 Å². The fourth-order valence-electron chi connectivity index (χ4n) is 1.52. The summed E-state index contributed by atoms with van der Waals surface area (Å²) in [5.41, 5.74) is 0. The van der Waals surface area contributed by atoms with Crippen LogP contribution in [0, 0.1) is 5.82 Å². The zero-order chi connectivity index (χ0) is 9.97. The van der Waals surface area contributed by atoms with Crippen LogP contribution in [0.25, 0.3) is 10.8 Å². The summed E-state index contributed by atoms with van der Waals surface area (Å²) in [5, 5.41) is 1.73. The van der Waals surface area contributed by atoms with Crippen LogP contribution in [0.4, 0.5) is 4.39 Å². The Morgan fingerprint density at radius 1 is 1.07 bits per heavy atom. The van der Waals surface area contributed by atoms with Gasteiger partial charge in [0, 0.05) is 10.3 Å². The van der Waals surface area contributed by atoms with Crippen molar-refractivity contribution in [3.05, 3.63) is 42.2 Å². The Morgan fingerprint density at radius 2 is 1.79 bits per heavy atom. The second kappa shape index (κ2) is 4.01. The van der Waals surface area contributed by atoms with Gasteiger partial charge in [-0.05, 0) is 23.3 Å². The number of thioether (sulfide) groups is 1. The Labute approximate surface area is 87.1 Å². The van der Waals surface area contributed by atoms with Crippen molar-refractivity contribution in [2.45, 2.75) is 11.8 Å². The molecule has 0 heterocycles. The maximum Gasteiger partial charge on any atom is 0.131 e. The monoisotopic (exact) mass is 206 g/mol. The van der Waals surface area contributed by atoms with Crippen LogP contribution in [-0.4, -0.2) is 5.75 Å². The van der Waals surface area contributed by atoms with Gasteiger partial charge in [-0.25, -0.2) is 4.39 Å². The quantitative estimate of drug-likeness (QED) is 0.667. The molecule has 2 rings (SSSR count). The first-order valence-corrected chi connectivity index (χ1v) is 5.61. The molecule has 0 radical (unpaired) electrons. The molecule has 2 aromatic carbocycles. The molecular formula is C12H11FS. The molecule has 0 unspecified atom stereocenters. The van der Waals surface area contributed by atoms with E-state index in [4.69, 9.17) is 0 Å². The van der Waals surface area contributed by atoms with Crippen molar-refractivity contribution in [2.24, 2.45) is 0 Å². The zero-order valence-corrected chi connectivity index (χ0v) is 8.77. The van der Waals surface area contributed by atoms with Crippen LogP contribution < -0.4 is 0 Å². The van der Waals surface area contributed by atoms with Crippen LogP contribution in [0.3, 0.4) is 0 Å². The highest BCUT2D eigenvalue weighted by Gasteiger charge is 2.04. The Bertz CT molecular complexity index is 451. The van der Waals surface area contributed by atoms with Crippen molar-refractivity contribution in [1.82, 2.24) is 0 Å². The molecule has 0 atom stereocenters. The van der Waals surface area contributed by atoms with Crippen molar-refractivity contribution >= 4 is 22.5 Å². The number of hydrogen-bond donors (Lipinski definition) is 0. The lowest BCUT2D eigenvalue weighted by Crippen LogP contribution is -1.82. The van der Waals surface area contributed by atoms with Crippen LogP contribution in [-0.2, 0) is 0 Å². The molecule has 0 aromatic heterocycles. The highest BCUT2D eigenvalue weighted by atomic mass is 32.2.